The van der Waals surface area contributed by atoms with Gasteiger partial charge in [0.2, 0.25) is 0 Å². The molecule has 0 atom stereocenters. The summed E-state index contributed by atoms with van der Waals surface area (Å²) >= 11 is 0. The van der Waals surface area contributed by atoms with E-state index >= 15 is 0 Å². The molecule has 122 valence electrons. The van der Waals surface area contributed by atoms with E-state index < -0.39 is 5.97 Å². The van der Waals surface area contributed by atoms with Crippen LogP contribution in [0.1, 0.15) is 38.7 Å². The largest absolute Gasteiger partial charge is 0.504 e. The Morgan fingerprint density at radius 2 is 2.05 bits per heavy atom. The fourth-order valence-corrected chi connectivity index (χ4v) is 1.93. The summed E-state index contributed by atoms with van der Waals surface area (Å²) in [6.07, 6.45) is 3.55. The minimum atomic E-state index is -1.01. The Balaban J connectivity index is 2.93. The van der Waals surface area contributed by atoms with Gasteiger partial charge in [0.25, 0.3) is 0 Å². The van der Waals surface area contributed by atoms with Gasteiger partial charge in [0, 0.05) is 12.7 Å². The first kappa shape index (κ1) is 18.0. The number of carbonyl (C=O) groups is 1. The molecule has 0 aromatic heterocycles. The van der Waals surface area contributed by atoms with Crippen LogP contribution in [0.2, 0.25) is 0 Å². The van der Waals surface area contributed by atoms with E-state index in [0.29, 0.717) is 43.1 Å². The lowest BCUT2D eigenvalue weighted by atomic mass is 10.0. The first-order valence-electron chi connectivity index (χ1n) is 7.55. The van der Waals surface area contributed by atoms with E-state index in [0.717, 1.165) is 12.8 Å². The summed E-state index contributed by atoms with van der Waals surface area (Å²) in [5.41, 5.74) is 1.35. The second kappa shape index (κ2) is 9.84. The molecule has 0 fully saturated rings. The van der Waals surface area contributed by atoms with Gasteiger partial charge in [0.05, 0.1) is 13.2 Å². The van der Waals surface area contributed by atoms with Crippen molar-refractivity contribution in [3.8, 4) is 11.5 Å². The van der Waals surface area contributed by atoms with Crippen LogP contribution in [0.4, 0.5) is 0 Å². The first-order chi connectivity index (χ1) is 10.6. The number of benzene rings is 1. The van der Waals surface area contributed by atoms with E-state index in [9.17, 15) is 9.90 Å². The molecule has 22 heavy (non-hydrogen) atoms. The topological polar surface area (TPSA) is 76.0 Å². The molecule has 0 aliphatic carbocycles. The van der Waals surface area contributed by atoms with E-state index in [1.54, 1.807) is 12.1 Å². The highest BCUT2D eigenvalue weighted by atomic mass is 16.5. The van der Waals surface area contributed by atoms with Crippen molar-refractivity contribution in [3.05, 3.63) is 29.8 Å². The third-order valence-corrected chi connectivity index (χ3v) is 3.10. The number of phenolic OH excluding ortho intramolecular Hbond substituents is 1. The monoisotopic (exact) mass is 308 g/mol. The van der Waals surface area contributed by atoms with Gasteiger partial charge >= 0.3 is 5.97 Å². The number of aromatic hydroxyl groups is 1. The van der Waals surface area contributed by atoms with Crippen LogP contribution in [0.3, 0.4) is 0 Å². The number of unbranched alkanes of at least 4 members (excludes halogenated alkanes) is 1. The van der Waals surface area contributed by atoms with E-state index in [1.807, 2.05) is 6.92 Å². The van der Waals surface area contributed by atoms with Gasteiger partial charge in [0.1, 0.15) is 0 Å². The average molecular weight is 308 g/mol. The third kappa shape index (κ3) is 6.18. The molecular formula is C17H24O5. The first-order valence-corrected chi connectivity index (χ1v) is 7.55. The number of hydrogen-bond acceptors (Lipinski definition) is 4. The van der Waals surface area contributed by atoms with Crippen molar-refractivity contribution in [2.75, 3.05) is 19.8 Å². The van der Waals surface area contributed by atoms with Crippen molar-refractivity contribution in [1.82, 2.24) is 0 Å². The van der Waals surface area contributed by atoms with Crippen LogP contribution in [0.25, 0.3) is 5.57 Å². The van der Waals surface area contributed by atoms with E-state index in [1.165, 1.54) is 12.1 Å². The Kier molecular flexibility index (Phi) is 8.07. The predicted octanol–water partition coefficient (Wildman–Crippen LogP) is 3.47. The number of ether oxygens (including phenoxy) is 2. The van der Waals surface area contributed by atoms with Crippen molar-refractivity contribution >= 4 is 11.5 Å². The van der Waals surface area contributed by atoms with E-state index in [4.69, 9.17) is 14.6 Å². The molecule has 5 heteroatoms. The summed E-state index contributed by atoms with van der Waals surface area (Å²) in [4.78, 5) is 11.0. The zero-order chi connectivity index (χ0) is 16.4. The molecule has 1 aromatic carbocycles. The van der Waals surface area contributed by atoms with Gasteiger partial charge in [0.15, 0.2) is 11.5 Å². The maximum Gasteiger partial charge on any atom is 0.328 e. The van der Waals surface area contributed by atoms with Gasteiger partial charge in [-0.05, 0) is 43.0 Å². The highest BCUT2D eigenvalue weighted by Crippen LogP contribution is 2.31. The Hall–Kier alpha value is -2.01. The molecule has 0 amide bonds. The lowest BCUT2D eigenvalue weighted by Gasteiger charge is -2.12. The highest BCUT2D eigenvalue weighted by molar-refractivity contribution is 5.90. The van der Waals surface area contributed by atoms with Gasteiger partial charge in [-0.15, -0.1) is 0 Å². The SMILES string of the molecule is CCCCOc1cc(C(=CC(=O)O)CCOCC)ccc1O. The number of rotatable bonds is 10. The number of phenols is 1. The standard InChI is InChI=1S/C17H24O5/c1-3-5-9-22-16-11-13(6-7-15(16)18)14(12-17(19)20)8-10-21-4-2/h6-7,11-12,18H,3-5,8-10H2,1-2H3,(H,19,20). The van der Waals surface area contributed by atoms with Crippen LogP contribution in [-0.2, 0) is 9.53 Å². The van der Waals surface area contributed by atoms with Crippen molar-refractivity contribution in [2.24, 2.45) is 0 Å². The second-order valence-electron chi connectivity index (χ2n) is 4.84. The summed E-state index contributed by atoms with van der Waals surface area (Å²) < 4.78 is 10.8. The summed E-state index contributed by atoms with van der Waals surface area (Å²) in [5, 5.41) is 18.8. The molecule has 0 radical (unpaired) electrons. The fourth-order valence-electron chi connectivity index (χ4n) is 1.93. The summed E-state index contributed by atoms with van der Waals surface area (Å²) in [6.45, 7) is 5.50. The molecule has 1 aromatic rings. The van der Waals surface area contributed by atoms with Crippen molar-refractivity contribution in [1.29, 1.82) is 0 Å². The molecule has 0 spiro atoms. The number of hydrogen-bond donors (Lipinski definition) is 2. The Morgan fingerprint density at radius 3 is 2.68 bits per heavy atom. The van der Waals surface area contributed by atoms with E-state index in [2.05, 4.69) is 6.92 Å². The number of aliphatic carboxylic acids is 1. The molecule has 0 bridgehead atoms. The number of carboxylic acids is 1. The van der Waals surface area contributed by atoms with Gasteiger partial charge < -0.3 is 19.7 Å². The molecule has 2 N–H and O–H groups in total. The highest BCUT2D eigenvalue weighted by Gasteiger charge is 2.09. The molecule has 0 aliphatic heterocycles. The molecule has 5 nitrogen and oxygen atoms in total. The fraction of sp³-hybridized carbons (Fsp3) is 0.471. The molecule has 0 unspecified atom stereocenters. The molecular weight excluding hydrogens is 284 g/mol. The Bertz CT molecular complexity index is 508. The number of carboxylic acid groups (broad SMARTS) is 1. The quantitative estimate of drug-likeness (QED) is 0.511. The molecule has 0 saturated carbocycles. The van der Waals surface area contributed by atoms with Crippen LogP contribution in [0, 0.1) is 0 Å². The molecule has 0 heterocycles. The Labute approximate surface area is 131 Å². The van der Waals surface area contributed by atoms with Crippen molar-refractivity contribution in [3.63, 3.8) is 0 Å². The van der Waals surface area contributed by atoms with Crippen LogP contribution in [0.5, 0.6) is 11.5 Å². The van der Waals surface area contributed by atoms with Crippen LogP contribution >= 0.6 is 0 Å². The van der Waals surface area contributed by atoms with Gasteiger partial charge in [-0.1, -0.05) is 19.4 Å². The second-order valence-corrected chi connectivity index (χ2v) is 4.84. The Morgan fingerprint density at radius 1 is 1.27 bits per heavy atom. The van der Waals surface area contributed by atoms with Crippen LogP contribution < -0.4 is 4.74 Å². The van der Waals surface area contributed by atoms with Crippen LogP contribution in [-0.4, -0.2) is 36.0 Å². The summed E-state index contributed by atoms with van der Waals surface area (Å²) in [5.74, 6) is -0.578. The normalized spacial score (nSPS) is 11.5. The van der Waals surface area contributed by atoms with Gasteiger partial charge in [-0.2, -0.15) is 0 Å². The third-order valence-electron chi connectivity index (χ3n) is 3.10. The smallest absolute Gasteiger partial charge is 0.328 e. The average Bonchev–Trinajstić information content (AvgIpc) is 2.48. The lowest BCUT2D eigenvalue weighted by Crippen LogP contribution is -2.00. The lowest BCUT2D eigenvalue weighted by molar-refractivity contribution is -0.131. The maximum atomic E-state index is 11.0. The molecule has 0 saturated heterocycles. The molecule has 0 aliphatic rings. The minimum Gasteiger partial charge on any atom is -0.504 e. The predicted molar refractivity (Wildman–Crippen MR) is 85.2 cm³/mol. The minimum absolute atomic E-state index is 0.0549. The zero-order valence-electron chi connectivity index (χ0n) is 13.2. The van der Waals surface area contributed by atoms with Crippen molar-refractivity contribution in [2.45, 2.75) is 33.1 Å². The summed E-state index contributed by atoms with van der Waals surface area (Å²) in [6, 6.07) is 4.88. The molecule has 1 rings (SSSR count). The van der Waals surface area contributed by atoms with Gasteiger partial charge in [-0.25, -0.2) is 4.79 Å². The zero-order valence-corrected chi connectivity index (χ0v) is 13.2. The van der Waals surface area contributed by atoms with Crippen molar-refractivity contribution < 1.29 is 24.5 Å². The van der Waals surface area contributed by atoms with E-state index in [-0.39, 0.29) is 5.75 Å². The van der Waals surface area contributed by atoms with Crippen LogP contribution in [0.15, 0.2) is 24.3 Å². The summed E-state index contributed by atoms with van der Waals surface area (Å²) in [7, 11) is 0. The maximum absolute atomic E-state index is 11.0. The van der Waals surface area contributed by atoms with Gasteiger partial charge in [-0.3, -0.25) is 0 Å².